The van der Waals surface area contributed by atoms with E-state index < -0.39 is 28.3 Å². The first-order chi connectivity index (χ1) is 12.2. The number of carbonyl (C=O) groups is 3. The maximum Gasteiger partial charge on any atom is 0.339 e. The Balaban J connectivity index is 1.94. The molecule has 1 heterocycles. The van der Waals surface area contributed by atoms with E-state index in [0.717, 1.165) is 0 Å². The Kier molecular flexibility index (Phi) is 6.82. The SMILES string of the molecule is CC(=O)CSc1ccccc1C(=O)OCC(=O)N(C)[C@@H]1CCS(=O)(=O)C1. The van der Waals surface area contributed by atoms with E-state index >= 15 is 0 Å². The van der Waals surface area contributed by atoms with Crippen LogP contribution in [0, 0.1) is 0 Å². The van der Waals surface area contributed by atoms with Crippen LogP contribution >= 0.6 is 11.8 Å². The van der Waals surface area contributed by atoms with Crippen molar-refractivity contribution in [3.05, 3.63) is 29.8 Å². The van der Waals surface area contributed by atoms with E-state index in [0.29, 0.717) is 11.3 Å². The standard InChI is InChI=1S/C17H21NO6S2/c1-12(19)10-25-15-6-4-3-5-14(15)17(21)24-9-16(20)18(2)13-7-8-26(22,23)11-13/h3-6,13H,7-11H2,1-2H3/t13-/m1/s1. The van der Waals surface area contributed by atoms with Gasteiger partial charge in [0, 0.05) is 18.0 Å². The molecule has 0 aromatic heterocycles. The number of benzene rings is 1. The van der Waals surface area contributed by atoms with Gasteiger partial charge in [0.1, 0.15) is 5.78 Å². The Morgan fingerprint density at radius 3 is 2.58 bits per heavy atom. The van der Waals surface area contributed by atoms with Gasteiger partial charge in [-0.3, -0.25) is 9.59 Å². The molecule has 1 aliphatic rings. The molecule has 1 aliphatic heterocycles. The number of esters is 1. The molecule has 142 valence electrons. The Hall–Kier alpha value is -1.87. The number of nitrogens with zero attached hydrogens (tertiary/aromatic N) is 1. The van der Waals surface area contributed by atoms with Crippen molar-refractivity contribution in [2.24, 2.45) is 0 Å². The number of rotatable bonds is 7. The van der Waals surface area contributed by atoms with Gasteiger partial charge in [-0.2, -0.15) is 0 Å². The highest BCUT2D eigenvalue weighted by Crippen LogP contribution is 2.23. The van der Waals surface area contributed by atoms with E-state index in [1.165, 1.54) is 30.6 Å². The molecule has 0 radical (unpaired) electrons. The highest BCUT2D eigenvalue weighted by molar-refractivity contribution is 8.00. The van der Waals surface area contributed by atoms with Crippen molar-refractivity contribution in [1.82, 2.24) is 4.90 Å². The van der Waals surface area contributed by atoms with E-state index in [9.17, 15) is 22.8 Å². The summed E-state index contributed by atoms with van der Waals surface area (Å²) in [5.74, 6) is -0.876. The normalized spacial score (nSPS) is 18.3. The van der Waals surface area contributed by atoms with Gasteiger partial charge in [0.15, 0.2) is 16.4 Å². The highest BCUT2D eigenvalue weighted by Gasteiger charge is 2.33. The van der Waals surface area contributed by atoms with Gasteiger partial charge >= 0.3 is 5.97 Å². The van der Waals surface area contributed by atoms with Crippen LogP contribution in [0.25, 0.3) is 0 Å². The average molecular weight is 399 g/mol. The molecular weight excluding hydrogens is 378 g/mol. The summed E-state index contributed by atoms with van der Waals surface area (Å²) in [4.78, 5) is 37.5. The van der Waals surface area contributed by atoms with Crippen molar-refractivity contribution in [3.8, 4) is 0 Å². The lowest BCUT2D eigenvalue weighted by atomic mass is 10.2. The molecule has 1 aromatic rings. The van der Waals surface area contributed by atoms with Crippen LogP contribution < -0.4 is 0 Å². The van der Waals surface area contributed by atoms with Crippen LogP contribution in [0.3, 0.4) is 0 Å². The van der Waals surface area contributed by atoms with Gasteiger partial charge in [-0.15, -0.1) is 11.8 Å². The first-order valence-corrected chi connectivity index (χ1v) is 10.8. The molecule has 1 amide bonds. The predicted octanol–water partition coefficient (Wildman–Crippen LogP) is 1.17. The third-order valence-corrected chi connectivity index (χ3v) is 6.98. The summed E-state index contributed by atoms with van der Waals surface area (Å²) < 4.78 is 28.1. The molecule has 0 aliphatic carbocycles. The van der Waals surface area contributed by atoms with Crippen LogP contribution in [-0.4, -0.2) is 67.9 Å². The Morgan fingerprint density at radius 1 is 1.27 bits per heavy atom. The number of carbonyl (C=O) groups excluding carboxylic acids is 3. The second-order valence-corrected chi connectivity index (χ2v) is 9.37. The van der Waals surface area contributed by atoms with Gasteiger partial charge in [-0.25, -0.2) is 13.2 Å². The van der Waals surface area contributed by atoms with Crippen LogP contribution in [0.5, 0.6) is 0 Å². The highest BCUT2D eigenvalue weighted by atomic mass is 32.2. The molecule has 1 aromatic carbocycles. The predicted molar refractivity (Wildman–Crippen MR) is 98.0 cm³/mol. The monoisotopic (exact) mass is 399 g/mol. The number of sulfone groups is 1. The van der Waals surface area contributed by atoms with Gasteiger partial charge in [0.05, 0.1) is 22.8 Å². The van der Waals surface area contributed by atoms with Gasteiger partial charge in [-0.1, -0.05) is 12.1 Å². The number of ketones is 1. The molecule has 2 rings (SSSR count). The summed E-state index contributed by atoms with van der Waals surface area (Å²) in [5.41, 5.74) is 0.289. The Bertz CT molecular complexity index is 805. The Labute approximate surface area is 157 Å². The van der Waals surface area contributed by atoms with Crippen LogP contribution in [0.15, 0.2) is 29.2 Å². The topological polar surface area (TPSA) is 97.8 Å². The quantitative estimate of drug-likeness (QED) is 0.501. The minimum Gasteiger partial charge on any atom is -0.452 e. The zero-order valence-corrected chi connectivity index (χ0v) is 16.3. The molecule has 0 bridgehead atoms. The smallest absolute Gasteiger partial charge is 0.339 e. The van der Waals surface area contributed by atoms with Crippen molar-refractivity contribution in [1.29, 1.82) is 0 Å². The lowest BCUT2D eigenvalue weighted by Gasteiger charge is -2.23. The van der Waals surface area contributed by atoms with Crippen molar-refractivity contribution in [3.63, 3.8) is 0 Å². The van der Waals surface area contributed by atoms with E-state index in [-0.39, 0.29) is 34.6 Å². The van der Waals surface area contributed by atoms with Gasteiger partial charge < -0.3 is 9.64 Å². The summed E-state index contributed by atoms with van der Waals surface area (Å²) in [6.07, 6.45) is 0.392. The summed E-state index contributed by atoms with van der Waals surface area (Å²) >= 11 is 1.23. The summed E-state index contributed by atoms with van der Waals surface area (Å²) in [6.45, 7) is 1.00. The zero-order valence-electron chi connectivity index (χ0n) is 14.6. The number of amides is 1. The van der Waals surface area contributed by atoms with Crippen molar-refractivity contribution < 1.29 is 27.5 Å². The minimum atomic E-state index is -3.10. The maximum atomic E-state index is 12.3. The van der Waals surface area contributed by atoms with Crippen molar-refractivity contribution in [2.45, 2.75) is 24.3 Å². The fraction of sp³-hybridized carbons (Fsp3) is 0.471. The molecule has 0 spiro atoms. The van der Waals surface area contributed by atoms with E-state index in [1.54, 1.807) is 24.3 Å². The van der Waals surface area contributed by atoms with Crippen molar-refractivity contribution in [2.75, 3.05) is 30.9 Å². The second kappa shape index (κ2) is 8.68. The average Bonchev–Trinajstić information content (AvgIpc) is 2.96. The van der Waals surface area contributed by atoms with Crippen LogP contribution in [0.1, 0.15) is 23.7 Å². The lowest BCUT2D eigenvalue weighted by molar-refractivity contribution is -0.134. The Morgan fingerprint density at radius 2 is 1.96 bits per heavy atom. The molecule has 0 saturated carbocycles. The zero-order chi connectivity index (χ0) is 19.3. The summed E-state index contributed by atoms with van der Waals surface area (Å²) in [7, 11) is -1.59. The minimum absolute atomic E-state index is 0.0125. The van der Waals surface area contributed by atoms with Gasteiger partial charge in [0.2, 0.25) is 0 Å². The van der Waals surface area contributed by atoms with E-state index in [1.807, 2.05) is 0 Å². The molecule has 1 atom stereocenters. The van der Waals surface area contributed by atoms with Gasteiger partial charge in [0.25, 0.3) is 5.91 Å². The third kappa shape index (κ3) is 5.57. The summed E-state index contributed by atoms with van der Waals surface area (Å²) in [6, 6.07) is 6.32. The number of thioether (sulfide) groups is 1. The molecule has 26 heavy (non-hydrogen) atoms. The first-order valence-electron chi connectivity index (χ1n) is 8.04. The second-order valence-electron chi connectivity index (χ2n) is 6.12. The molecule has 1 saturated heterocycles. The number of hydrogen-bond acceptors (Lipinski definition) is 7. The number of hydrogen-bond donors (Lipinski definition) is 0. The molecule has 1 fully saturated rings. The summed E-state index contributed by atoms with van der Waals surface area (Å²) in [5, 5.41) is 0. The molecule has 0 N–H and O–H groups in total. The fourth-order valence-corrected chi connectivity index (χ4v) is 5.15. The molecular formula is C17H21NO6S2. The largest absolute Gasteiger partial charge is 0.452 e. The molecule has 0 unspecified atom stereocenters. The number of ether oxygens (including phenoxy) is 1. The molecule has 7 nitrogen and oxygen atoms in total. The van der Waals surface area contributed by atoms with Crippen molar-refractivity contribution >= 4 is 39.3 Å². The van der Waals surface area contributed by atoms with E-state index in [4.69, 9.17) is 4.74 Å². The maximum absolute atomic E-state index is 12.3. The third-order valence-electron chi connectivity index (χ3n) is 4.01. The molecule has 9 heteroatoms. The number of Topliss-reactive ketones (excluding diaryl/α,β-unsaturated/α-hetero) is 1. The lowest BCUT2D eigenvalue weighted by Crippen LogP contribution is -2.40. The van der Waals surface area contributed by atoms with Crippen LogP contribution in [-0.2, 0) is 24.2 Å². The van der Waals surface area contributed by atoms with E-state index in [2.05, 4.69) is 0 Å². The van der Waals surface area contributed by atoms with Crippen LogP contribution in [0.4, 0.5) is 0 Å². The first kappa shape index (κ1) is 20.4. The van der Waals surface area contributed by atoms with Crippen LogP contribution in [0.2, 0.25) is 0 Å². The number of likely N-dealkylation sites (N-methyl/N-ethyl adjacent to an activating group) is 1. The van der Waals surface area contributed by atoms with Gasteiger partial charge in [-0.05, 0) is 25.5 Å². The fourth-order valence-electron chi connectivity index (χ4n) is 2.53.